The van der Waals surface area contributed by atoms with Crippen LogP contribution in [0.25, 0.3) is 0 Å². The van der Waals surface area contributed by atoms with Gasteiger partial charge in [0.05, 0.1) is 10.2 Å². The molecule has 0 saturated heterocycles. The summed E-state index contributed by atoms with van der Waals surface area (Å²) in [5, 5.41) is 3.30. The summed E-state index contributed by atoms with van der Waals surface area (Å²) in [4.78, 5) is 4.28. The SMILES string of the molecule is CCNCc1ccc(OCc2ccc(Br)cn2)c(Br)c1. The molecule has 0 bridgehead atoms. The first kappa shape index (κ1) is 15.5. The Labute approximate surface area is 136 Å². The highest BCUT2D eigenvalue weighted by atomic mass is 79.9. The van der Waals surface area contributed by atoms with Crippen molar-refractivity contribution in [1.82, 2.24) is 10.3 Å². The van der Waals surface area contributed by atoms with Gasteiger partial charge in [0.25, 0.3) is 0 Å². The number of hydrogen-bond donors (Lipinski definition) is 1. The van der Waals surface area contributed by atoms with Crippen LogP contribution in [-0.2, 0) is 13.2 Å². The van der Waals surface area contributed by atoms with Crippen LogP contribution in [0.2, 0.25) is 0 Å². The minimum Gasteiger partial charge on any atom is -0.486 e. The number of halogens is 2. The van der Waals surface area contributed by atoms with Gasteiger partial charge >= 0.3 is 0 Å². The van der Waals surface area contributed by atoms with Gasteiger partial charge in [-0.05, 0) is 68.2 Å². The molecule has 1 aromatic carbocycles. The fourth-order valence-corrected chi connectivity index (χ4v) is 2.46. The molecule has 1 aromatic heterocycles. The van der Waals surface area contributed by atoms with Gasteiger partial charge in [-0.2, -0.15) is 0 Å². The fourth-order valence-electron chi connectivity index (χ4n) is 1.68. The van der Waals surface area contributed by atoms with E-state index in [9.17, 15) is 0 Å². The van der Waals surface area contributed by atoms with E-state index in [-0.39, 0.29) is 0 Å². The first-order valence-electron chi connectivity index (χ1n) is 6.41. The van der Waals surface area contributed by atoms with Crippen LogP contribution in [0.1, 0.15) is 18.2 Å². The van der Waals surface area contributed by atoms with Gasteiger partial charge < -0.3 is 10.1 Å². The molecular formula is C15H16Br2N2O. The van der Waals surface area contributed by atoms with E-state index >= 15 is 0 Å². The van der Waals surface area contributed by atoms with Gasteiger partial charge in [0.2, 0.25) is 0 Å². The molecule has 0 aliphatic rings. The van der Waals surface area contributed by atoms with E-state index in [0.717, 1.165) is 33.5 Å². The number of nitrogens with one attached hydrogen (secondary N) is 1. The Morgan fingerprint density at radius 3 is 2.70 bits per heavy atom. The number of hydrogen-bond acceptors (Lipinski definition) is 3. The summed E-state index contributed by atoms with van der Waals surface area (Å²) in [5.41, 5.74) is 2.13. The van der Waals surface area contributed by atoms with Crippen LogP contribution < -0.4 is 10.1 Å². The molecule has 0 aliphatic heterocycles. The molecule has 0 atom stereocenters. The first-order chi connectivity index (χ1) is 9.69. The molecule has 0 amide bonds. The zero-order valence-corrected chi connectivity index (χ0v) is 14.4. The summed E-state index contributed by atoms with van der Waals surface area (Å²) >= 11 is 6.91. The first-order valence-corrected chi connectivity index (χ1v) is 8.00. The fraction of sp³-hybridized carbons (Fsp3) is 0.267. The molecular weight excluding hydrogens is 384 g/mol. The molecule has 2 aromatic rings. The van der Waals surface area contributed by atoms with Crippen LogP contribution >= 0.6 is 31.9 Å². The quantitative estimate of drug-likeness (QED) is 0.786. The lowest BCUT2D eigenvalue weighted by Gasteiger charge is -2.10. The number of benzene rings is 1. The molecule has 0 spiro atoms. The van der Waals surface area contributed by atoms with E-state index < -0.39 is 0 Å². The van der Waals surface area contributed by atoms with Crippen LogP contribution in [-0.4, -0.2) is 11.5 Å². The molecule has 2 rings (SSSR count). The predicted octanol–water partition coefficient (Wildman–Crippen LogP) is 4.30. The van der Waals surface area contributed by atoms with Crippen LogP contribution in [0, 0.1) is 0 Å². The maximum atomic E-state index is 5.78. The second-order valence-corrected chi connectivity index (χ2v) is 6.07. The minimum absolute atomic E-state index is 0.457. The van der Waals surface area contributed by atoms with Gasteiger partial charge in [-0.15, -0.1) is 0 Å². The molecule has 106 valence electrons. The minimum atomic E-state index is 0.457. The lowest BCUT2D eigenvalue weighted by molar-refractivity contribution is 0.299. The van der Waals surface area contributed by atoms with Crippen molar-refractivity contribution in [1.29, 1.82) is 0 Å². The van der Waals surface area contributed by atoms with Crippen molar-refractivity contribution >= 4 is 31.9 Å². The normalized spacial score (nSPS) is 10.6. The third-order valence-electron chi connectivity index (χ3n) is 2.74. The average Bonchev–Trinajstić information content (AvgIpc) is 2.46. The molecule has 1 N–H and O–H groups in total. The topological polar surface area (TPSA) is 34.1 Å². The standard InChI is InChI=1S/C15H16Br2N2O/c1-2-18-8-11-3-6-15(14(17)7-11)20-10-13-5-4-12(16)9-19-13/h3-7,9,18H,2,8,10H2,1H3. The zero-order valence-electron chi connectivity index (χ0n) is 11.2. The van der Waals surface area contributed by atoms with Gasteiger partial charge in [0.1, 0.15) is 12.4 Å². The summed E-state index contributed by atoms with van der Waals surface area (Å²) in [6.45, 7) is 4.38. The van der Waals surface area contributed by atoms with Crippen molar-refractivity contribution in [2.45, 2.75) is 20.1 Å². The van der Waals surface area contributed by atoms with Crippen molar-refractivity contribution in [3.63, 3.8) is 0 Å². The average molecular weight is 400 g/mol. The molecule has 1 heterocycles. The van der Waals surface area contributed by atoms with Crippen molar-refractivity contribution in [3.05, 3.63) is 56.7 Å². The van der Waals surface area contributed by atoms with E-state index in [4.69, 9.17) is 4.74 Å². The van der Waals surface area contributed by atoms with Crippen LogP contribution in [0.15, 0.2) is 45.5 Å². The Balaban J connectivity index is 1.97. The Morgan fingerprint density at radius 1 is 1.20 bits per heavy atom. The number of pyridine rings is 1. The molecule has 0 aliphatic carbocycles. The van der Waals surface area contributed by atoms with Gasteiger partial charge in [-0.3, -0.25) is 4.98 Å². The Morgan fingerprint density at radius 2 is 2.05 bits per heavy atom. The molecule has 0 fully saturated rings. The Hall–Kier alpha value is -0.910. The molecule has 20 heavy (non-hydrogen) atoms. The van der Waals surface area contributed by atoms with Crippen molar-refractivity contribution in [3.8, 4) is 5.75 Å². The second kappa shape index (κ2) is 7.76. The number of ether oxygens (including phenoxy) is 1. The predicted molar refractivity (Wildman–Crippen MR) is 87.8 cm³/mol. The lowest BCUT2D eigenvalue weighted by atomic mass is 10.2. The molecule has 3 nitrogen and oxygen atoms in total. The van der Waals surface area contributed by atoms with E-state index in [2.05, 4.69) is 61.2 Å². The molecule has 0 unspecified atom stereocenters. The smallest absolute Gasteiger partial charge is 0.134 e. The molecule has 5 heteroatoms. The summed E-state index contributed by atoms with van der Waals surface area (Å²) in [6.07, 6.45) is 1.77. The summed E-state index contributed by atoms with van der Waals surface area (Å²) in [7, 11) is 0. The van der Waals surface area contributed by atoms with Crippen LogP contribution in [0.3, 0.4) is 0 Å². The Kier molecular flexibility index (Phi) is 6.01. The third-order valence-corrected chi connectivity index (χ3v) is 3.83. The largest absolute Gasteiger partial charge is 0.486 e. The highest BCUT2D eigenvalue weighted by Crippen LogP contribution is 2.26. The van der Waals surface area contributed by atoms with E-state index in [1.807, 2.05) is 18.2 Å². The van der Waals surface area contributed by atoms with Crippen molar-refractivity contribution < 1.29 is 4.74 Å². The van der Waals surface area contributed by atoms with E-state index in [0.29, 0.717) is 6.61 Å². The monoisotopic (exact) mass is 398 g/mol. The van der Waals surface area contributed by atoms with Gasteiger partial charge in [0.15, 0.2) is 0 Å². The highest BCUT2D eigenvalue weighted by molar-refractivity contribution is 9.10. The second-order valence-electron chi connectivity index (χ2n) is 4.30. The molecule has 0 radical (unpaired) electrons. The van der Waals surface area contributed by atoms with Crippen molar-refractivity contribution in [2.75, 3.05) is 6.54 Å². The summed E-state index contributed by atoms with van der Waals surface area (Å²) < 4.78 is 7.71. The highest BCUT2D eigenvalue weighted by Gasteiger charge is 2.04. The molecule has 0 saturated carbocycles. The zero-order chi connectivity index (χ0) is 14.4. The lowest BCUT2D eigenvalue weighted by Crippen LogP contribution is -2.11. The van der Waals surface area contributed by atoms with Gasteiger partial charge in [-0.1, -0.05) is 13.0 Å². The maximum Gasteiger partial charge on any atom is 0.134 e. The summed E-state index contributed by atoms with van der Waals surface area (Å²) in [5.74, 6) is 0.829. The third kappa shape index (κ3) is 4.58. The number of nitrogens with zero attached hydrogens (tertiary/aromatic N) is 1. The van der Waals surface area contributed by atoms with Crippen LogP contribution in [0.5, 0.6) is 5.75 Å². The van der Waals surface area contributed by atoms with Gasteiger partial charge in [0, 0.05) is 17.2 Å². The number of aromatic nitrogens is 1. The van der Waals surface area contributed by atoms with Crippen molar-refractivity contribution in [2.24, 2.45) is 0 Å². The maximum absolute atomic E-state index is 5.78. The number of rotatable bonds is 6. The van der Waals surface area contributed by atoms with E-state index in [1.165, 1.54) is 5.56 Å². The Bertz CT molecular complexity index is 558. The summed E-state index contributed by atoms with van der Waals surface area (Å²) in [6, 6.07) is 10.0. The van der Waals surface area contributed by atoms with Gasteiger partial charge in [-0.25, -0.2) is 0 Å². The van der Waals surface area contributed by atoms with Crippen LogP contribution in [0.4, 0.5) is 0 Å². The van der Waals surface area contributed by atoms with E-state index in [1.54, 1.807) is 6.20 Å².